The lowest BCUT2D eigenvalue weighted by atomic mass is 10.2. The van der Waals surface area contributed by atoms with Gasteiger partial charge in [-0.05, 0) is 37.8 Å². The van der Waals surface area contributed by atoms with Crippen molar-refractivity contribution in [1.82, 2.24) is 14.8 Å². The van der Waals surface area contributed by atoms with Crippen LogP contribution in [0.5, 0.6) is 0 Å². The van der Waals surface area contributed by atoms with Crippen LogP contribution in [0.2, 0.25) is 0 Å². The van der Waals surface area contributed by atoms with Gasteiger partial charge in [0, 0.05) is 29.0 Å². The Labute approximate surface area is 126 Å². The molecule has 110 valence electrons. The lowest BCUT2D eigenvalue weighted by molar-refractivity contribution is 0.616. The molecule has 21 heavy (non-hydrogen) atoms. The maximum absolute atomic E-state index is 13.8. The molecular weight excluding hydrogens is 287 g/mol. The van der Waals surface area contributed by atoms with E-state index in [1.165, 1.54) is 43.5 Å². The van der Waals surface area contributed by atoms with Crippen LogP contribution in [0.4, 0.5) is 10.1 Å². The first-order valence-electron chi connectivity index (χ1n) is 7.34. The molecule has 0 atom stereocenters. The molecule has 0 aliphatic heterocycles. The van der Waals surface area contributed by atoms with Crippen LogP contribution in [0.1, 0.15) is 49.0 Å². The molecular formula is C15H17FN4S. The van der Waals surface area contributed by atoms with Crippen molar-refractivity contribution in [2.75, 3.05) is 5.73 Å². The van der Waals surface area contributed by atoms with Crippen LogP contribution >= 0.6 is 11.8 Å². The van der Waals surface area contributed by atoms with Gasteiger partial charge >= 0.3 is 0 Å². The summed E-state index contributed by atoms with van der Waals surface area (Å²) in [4.78, 5) is 0. The van der Waals surface area contributed by atoms with Gasteiger partial charge in [0.25, 0.3) is 0 Å². The Morgan fingerprint density at radius 1 is 1.24 bits per heavy atom. The Bertz CT molecular complexity index is 656. The number of nitrogen functional groups attached to an aromatic ring is 1. The number of nitrogens with zero attached hydrogens (tertiary/aromatic N) is 3. The molecule has 0 spiro atoms. The van der Waals surface area contributed by atoms with Gasteiger partial charge in [0.05, 0.1) is 0 Å². The summed E-state index contributed by atoms with van der Waals surface area (Å²) in [5, 5.41) is 9.59. The Morgan fingerprint density at radius 2 is 2.05 bits per heavy atom. The van der Waals surface area contributed by atoms with Crippen LogP contribution in [0.3, 0.4) is 0 Å². The van der Waals surface area contributed by atoms with Crippen LogP contribution < -0.4 is 5.73 Å². The highest BCUT2D eigenvalue weighted by molar-refractivity contribution is 7.98. The molecule has 0 bridgehead atoms. The summed E-state index contributed by atoms with van der Waals surface area (Å²) < 4.78 is 16.1. The van der Waals surface area contributed by atoms with Crippen molar-refractivity contribution in [2.45, 2.75) is 48.6 Å². The number of aromatic nitrogens is 3. The number of benzene rings is 1. The molecule has 2 N–H and O–H groups in total. The Hall–Kier alpha value is -1.56. The van der Waals surface area contributed by atoms with E-state index >= 15 is 0 Å². The molecule has 1 aromatic carbocycles. The van der Waals surface area contributed by atoms with E-state index in [0.717, 1.165) is 11.0 Å². The zero-order valence-electron chi connectivity index (χ0n) is 11.6. The number of halogens is 1. The van der Waals surface area contributed by atoms with Gasteiger partial charge in [-0.2, -0.15) is 0 Å². The van der Waals surface area contributed by atoms with Gasteiger partial charge in [0.15, 0.2) is 5.16 Å². The molecule has 0 amide bonds. The van der Waals surface area contributed by atoms with Crippen LogP contribution in [-0.2, 0) is 5.75 Å². The molecule has 2 aliphatic rings. The summed E-state index contributed by atoms with van der Waals surface area (Å²) in [5.74, 6) is 1.96. The molecule has 6 heteroatoms. The fourth-order valence-electron chi connectivity index (χ4n) is 2.55. The van der Waals surface area contributed by atoms with Crippen molar-refractivity contribution in [3.8, 4) is 0 Å². The van der Waals surface area contributed by atoms with Crippen LogP contribution in [-0.4, -0.2) is 14.8 Å². The summed E-state index contributed by atoms with van der Waals surface area (Å²) in [7, 11) is 0. The van der Waals surface area contributed by atoms with Crippen LogP contribution in [0, 0.1) is 5.82 Å². The van der Waals surface area contributed by atoms with Gasteiger partial charge in [-0.15, -0.1) is 10.2 Å². The van der Waals surface area contributed by atoms with Crippen molar-refractivity contribution in [2.24, 2.45) is 0 Å². The van der Waals surface area contributed by atoms with E-state index < -0.39 is 0 Å². The summed E-state index contributed by atoms with van der Waals surface area (Å²) in [6, 6.07) is 5.38. The Balaban J connectivity index is 1.57. The van der Waals surface area contributed by atoms with Crippen molar-refractivity contribution < 1.29 is 4.39 Å². The topological polar surface area (TPSA) is 56.7 Å². The van der Waals surface area contributed by atoms with Crippen molar-refractivity contribution in [3.05, 3.63) is 35.4 Å². The van der Waals surface area contributed by atoms with Gasteiger partial charge in [-0.25, -0.2) is 4.39 Å². The monoisotopic (exact) mass is 304 g/mol. The highest BCUT2D eigenvalue weighted by Crippen LogP contribution is 2.46. The number of thioether (sulfide) groups is 1. The summed E-state index contributed by atoms with van der Waals surface area (Å²) in [6.07, 6.45) is 4.84. The minimum Gasteiger partial charge on any atom is -0.398 e. The number of anilines is 1. The number of rotatable bonds is 5. The largest absolute Gasteiger partial charge is 0.398 e. The maximum Gasteiger partial charge on any atom is 0.191 e. The third-order valence-electron chi connectivity index (χ3n) is 4.05. The van der Waals surface area contributed by atoms with Gasteiger partial charge < -0.3 is 10.3 Å². The SMILES string of the molecule is Nc1cccc(F)c1CSc1nnc(C2CC2)n1C1CC1. The molecule has 2 aliphatic carbocycles. The first-order valence-corrected chi connectivity index (χ1v) is 8.33. The van der Waals surface area contributed by atoms with Gasteiger partial charge in [-0.1, -0.05) is 17.8 Å². The van der Waals surface area contributed by atoms with E-state index in [0.29, 0.717) is 29.0 Å². The minimum atomic E-state index is -0.248. The molecule has 4 rings (SSSR count). The van der Waals surface area contributed by atoms with Crippen molar-refractivity contribution in [1.29, 1.82) is 0 Å². The van der Waals surface area contributed by atoms with E-state index in [-0.39, 0.29) is 5.82 Å². The van der Waals surface area contributed by atoms with E-state index in [1.54, 1.807) is 12.1 Å². The molecule has 0 radical (unpaired) electrons. The minimum absolute atomic E-state index is 0.248. The van der Waals surface area contributed by atoms with Crippen LogP contribution in [0.15, 0.2) is 23.4 Å². The van der Waals surface area contributed by atoms with E-state index in [4.69, 9.17) is 5.73 Å². The number of hydrogen-bond acceptors (Lipinski definition) is 4. The first kappa shape index (κ1) is 13.1. The normalized spacial score (nSPS) is 18.1. The zero-order valence-corrected chi connectivity index (χ0v) is 12.4. The fourth-order valence-corrected chi connectivity index (χ4v) is 3.61. The molecule has 1 aromatic heterocycles. The quantitative estimate of drug-likeness (QED) is 0.678. The summed E-state index contributed by atoms with van der Waals surface area (Å²) in [5.41, 5.74) is 6.92. The highest BCUT2D eigenvalue weighted by Gasteiger charge is 2.36. The van der Waals surface area contributed by atoms with Gasteiger partial charge in [0.1, 0.15) is 11.6 Å². The second kappa shape index (κ2) is 5.02. The third kappa shape index (κ3) is 2.52. The zero-order chi connectivity index (χ0) is 14.4. The average Bonchev–Trinajstić information content (AvgIpc) is 3.37. The lowest BCUT2D eigenvalue weighted by Crippen LogP contribution is -2.02. The van der Waals surface area contributed by atoms with E-state index in [1.807, 2.05) is 0 Å². The molecule has 0 unspecified atom stereocenters. The van der Waals surface area contributed by atoms with E-state index in [9.17, 15) is 4.39 Å². The molecule has 2 saturated carbocycles. The first-order chi connectivity index (χ1) is 10.2. The summed E-state index contributed by atoms with van der Waals surface area (Å²) >= 11 is 1.53. The smallest absolute Gasteiger partial charge is 0.191 e. The van der Waals surface area contributed by atoms with Crippen molar-refractivity contribution in [3.63, 3.8) is 0 Å². The number of hydrogen-bond donors (Lipinski definition) is 1. The lowest BCUT2D eigenvalue weighted by Gasteiger charge is -2.09. The predicted molar refractivity (Wildman–Crippen MR) is 80.6 cm³/mol. The molecule has 2 fully saturated rings. The van der Waals surface area contributed by atoms with Gasteiger partial charge in [0.2, 0.25) is 0 Å². The average molecular weight is 304 g/mol. The Kier molecular flexibility index (Phi) is 3.14. The second-order valence-corrected chi connectivity index (χ2v) is 6.76. The second-order valence-electron chi connectivity index (χ2n) is 5.81. The van der Waals surface area contributed by atoms with E-state index in [2.05, 4.69) is 14.8 Å². The fraction of sp³-hybridized carbons (Fsp3) is 0.467. The van der Waals surface area contributed by atoms with Crippen molar-refractivity contribution >= 4 is 17.4 Å². The molecule has 4 nitrogen and oxygen atoms in total. The summed E-state index contributed by atoms with van der Waals surface area (Å²) in [6.45, 7) is 0. The predicted octanol–water partition coefficient (Wildman–Crippen LogP) is 3.50. The maximum atomic E-state index is 13.8. The third-order valence-corrected chi connectivity index (χ3v) is 5.02. The molecule has 0 saturated heterocycles. The highest BCUT2D eigenvalue weighted by atomic mass is 32.2. The van der Waals surface area contributed by atoms with Gasteiger partial charge in [-0.3, -0.25) is 0 Å². The molecule has 1 heterocycles. The standard InChI is InChI=1S/C15H17FN4S/c16-12-2-1-3-13(17)11(12)8-21-15-19-18-14(9-4-5-9)20(15)10-6-7-10/h1-3,9-10H,4-8,17H2. The van der Waals surface area contributed by atoms with Crippen LogP contribution in [0.25, 0.3) is 0 Å². The molecule has 2 aromatic rings. The Morgan fingerprint density at radius 3 is 2.71 bits per heavy atom. The number of nitrogens with two attached hydrogens (primary N) is 1.